The molecule has 0 spiro atoms. The van der Waals surface area contributed by atoms with Gasteiger partial charge in [-0.1, -0.05) is 0 Å². The predicted molar refractivity (Wildman–Crippen MR) is 178 cm³/mol. The Morgan fingerprint density at radius 2 is 1.85 bits per heavy atom. The van der Waals surface area contributed by atoms with Gasteiger partial charge in [-0.3, -0.25) is 4.79 Å². The Bertz CT molecular complexity index is 2100. The fourth-order valence-electron chi connectivity index (χ4n) is 9.27. The minimum absolute atomic E-state index is 0.122. The first kappa shape index (κ1) is 26.6. The summed E-state index contributed by atoms with van der Waals surface area (Å²) in [6, 6.07) is 13.0. The Morgan fingerprint density at radius 3 is 2.64 bits per heavy atom. The maximum absolute atomic E-state index is 14.1. The average Bonchev–Trinajstić information content (AvgIpc) is 3.99. The Morgan fingerprint density at radius 1 is 0.957 bits per heavy atom. The number of anilines is 1. The van der Waals surface area contributed by atoms with Crippen LogP contribution in [-0.2, 0) is 6.54 Å². The van der Waals surface area contributed by atoms with E-state index in [-0.39, 0.29) is 11.9 Å². The predicted octanol–water partition coefficient (Wildman–Crippen LogP) is 5.68. The Hall–Kier alpha value is -4.47. The van der Waals surface area contributed by atoms with Crippen molar-refractivity contribution in [2.75, 3.05) is 31.6 Å². The summed E-state index contributed by atoms with van der Waals surface area (Å²) in [5.41, 5.74) is 4.52. The van der Waals surface area contributed by atoms with Gasteiger partial charge in [-0.25, -0.2) is 19.9 Å². The quantitative estimate of drug-likeness (QED) is 0.219. The standard InChI is InChI=1S/C37H38N8O2/c1-47-30-15-24(37(46)44-17-25-11-23-14-28(44)32(23)25)12-27-33(30)45(26-18-42(19-26)31-8-10-38-34(41-31)21-6-7-21)36(40-27)29-13-22-3-2-9-39-35(22)43(29)16-20-4-5-20/h2-3,8-10,12-13,15,20-21,23,25-26,28,32H,4-7,11,14,16-19H2,1H3/t23?,25?,28?,32-/m1/s1. The second-order valence-electron chi connectivity index (χ2n) is 15.1. The minimum atomic E-state index is 0.122. The maximum atomic E-state index is 14.1. The number of rotatable bonds is 8. The largest absolute Gasteiger partial charge is 0.494 e. The molecule has 4 saturated carbocycles. The van der Waals surface area contributed by atoms with Gasteiger partial charge in [0.05, 0.1) is 24.4 Å². The highest BCUT2D eigenvalue weighted by atomic mass is 16.5. The first-order valence-corrected chi connectivity index (χ1v) is 17.5. The summed E-state index contributed by atoms with van der Waals surface area (Å²) in [6.45, 7) is 3.44. The van der Waals surface area contributed by atoms with Crippen molar-refractivity contribution in [2.24, 2.45) is 23.7 Å². The third kappa shape index (κ3) is 3.93. The van der Waals surface area contributed by atoms with E-state index < -0.39 is 0 Å². The van der Waals surface area contributed by atoms with Gasteiger partial charge in [0.2, 0.25) is 0 Å². The molecule has 47 heavy (non-hydrogen) atoms. The third-order valence-corrected chi connectivity index (χ3v) is 12.2. The summed E-state index contributed by atoms with van der Waals surface area (Å²) in [4.78, 5) is 38.2. The molecule has 1 amide bonds. The van der Waals surface area contributed by atoms with E-state index in [1.54, 1.807) is 7.11 Å². The van der Waals surface area contributed by atoms with Crippen molar-refractivity contribution in [3.63, 3.8) is 0 Å². The van der Waals surface area contributed by atoms with Crippen LogP contribution in [0.2, 0.25) is 0 Å². The topological polar surface area (TPSA) is 94.2 Å². The Balaban J connectivity index is 1.03. The summed E-state index contributed by atoms with van der Waals surface area (Å²) in [7, 11) is 1.72. The molecule has 3 unspecified atom stereocenters. The highest BCUT2D eigenvalue weighted by Crippen LogP contribution is 2.61. The molecule has 0 bridgehead atoms. The molecule has 6 heterocycles. The molecule has 0 radical (unpaired) electrons. The number of aromatic nitrogens is 6. The number of ether oxygens (including phenoxy) is 1. The molecule has 238 valence electrons. The number of hydrogen-bond acceptors (Lipinski definition) is 7. The van der Waals surface area contributed by atoms with Gasteiger partial charge in [0.1, 0.15) is 28.6 Å². The molecule has 0 N–H and O–H groups in total. The lowest BCUT2D eigenvalue weighted by Gasteiger charge is -2.52. The van der Waals surface area contributed by atoms with E-state index in [0.717, 1.165) is 89.7 Å². The van der Waals surface area contributed by atoms with Crippen LogP contribution in [0, 0.1) is 23.7 Å². The zero-order valence-corrected chi connectivity index (χ0v) is 26.6. The minimum Gasteiger partial charge on any atom is -0.494 e. The summed E-state index contributed by atoms with van der Waals surface area (Å²) in [5, 5.41) is 1.12. The van der Waals surface area contributed by atoms with Gasteiger partial charge in [-0.05, 0) is 98.6 Å². The summed E-state index contributed by atoms with van der Waals surface area (Å²) in [5.74, 6) is 7.16. The molecular weight excluding hydrogens is 588 g/mol. The molecule has 4 atom stereocenters. The van der Waals surface area contributed by atoms with Crippen LogP contribution in [0.3, 0.4) is 0 Å². The van der Waals surface area contributed by atoms with E-state index in [9.17, 15) is 4.79 Å². The number of nitrogens with zero attached hydrogens (tertiary/aromatic N) is 8. The van der Waals surface area contributed by atoms with E-state index in [2.05, 4.69) is 36.1 Å². The van der Waals surface area contributed by atoms with Crippen molar-refractivity contribution in [3.8, 4) is 17.3 Å². The molecule has 2 saturated heterocycles. The number of methoxy groups -OCH3 is 1. The number of hydrogen-bond donors (Lipinski definition) is 0. The van der Waals surface area contributed by atoms with Crippen molar-refractivity contribution >= 4 is 33.8 Å². The third-order valence-electron chi connectivity index (χ3n) is 12.2. The van der Waals surface area contributed by atoms with Crippen LogP contribution in [0.4, 0.5) is 5.82 Å². The number of fused-ring (bicyclic) bond motifs is 2. The Labute approximate surface area is 272 Å². The number of amides is 1. The van der Waals surface area contributed by atoms with Crippen molar-refractivity contribution in [2.45, 2.75) is 63.1 Å². The monoisotopic (exact) mass is 626 g/mol. The molecule has 2 aliphatic heterocycles. The first-order valence-electron chi connectivity index (χ1n) is 17.5. The van der Waals surface area contributed by atoms with Gasteiger partial charge in [0.15, 0.2) is 5.82 Å². The number of imidazole rings is 1. The van der Waals surface area contributed by atoms with Gasteiger partial charge < -0.3 is 23.7 Å². The van der Waals surface area contributed by atoms with Crippen LogP contribution in [0.1, 0.15) is 66.7 Å². The molecular formula is C37H38N8O2. The molecule has 11 rings (SSSR count). The normalized spacial score (nSPS) is 26.3. The maximum Gasteiger partial charge on any atom is 0.254 e. The lowest BCUT2D eigenvalue weighted by atomic mass is 9.53. The van der Waals surface area contributed by atoms with E-state index in [1.165, 1.54) is 32.1 Å². The fourth-order valence-corrected chi connectivity index (χ4v) is 9.27. The molecule has 10 nitrogen and oxygen atoms in total. The summed E-state index contributed by atoms with van der Waals surface area (Å²) >= 11 is 0. The van der Waals surface area contributed by atoms with Crippen LogP contribution in [0.15, 0.2) is 48.8 Å². The van der Waals surface area contributed by atoms with Gasteiger partial charge in [-0.2, -0.15) is 0 Å². The van der Waals surface area contributed by atoms with E-state index in [0.29, 0.717) is 35.1 Å². The fraction of sp³-hybridized carbons (Fsp3) is 0.486. The summed E-state index contributed by atoms with van der Waals surface area (Å²) < 4.78 is 10.9. The number of carbonyl (C=O) groups excluding carboxylic acids is 1. The first-order chi connectivity index (χ1) is 23.1. The summed E-state index contributed by atoms with van der Waals surface area (Å²) in [6.07, 6.45) is 11.1. The molecule has 1 aromatic carbocycles. The van der Waals surface area contributed by atoms with E-state index in [1.807, 2.05) is 36.7 Å². The van der Waals surface area contributed by atoms with Gasteiger partial charge >= 0.3 is 0 Å². The second-order valence-corrected chi connectivity index (χ2v) is 15.1. The molecule has 6 fully saturated rings. The zero-order valence-electron chi connectivity index (χ0n) is 26.6. The van der Waals surface area contributed by atoms with Gasteiger partial charge in [0.25, 0.3) is 5.91 Å². The molecule has 6 aliphatic rings. The smallest absolute Gasteiger partial charge is 0.254 e. The highest BCUT2D eigenvalue weighted by molar-refractivity contribution is 6.00. The Kier molecular flexibility index (Phi) is 5.40. The van der Waals surface area contributed by atoms with Gasteiger partial charge in [-0.15, -0.1) is 0 Å². The van der Waals surface area contributed by atoms with Crippen molar-refractivity contribution in [1.29, 1.82) is 0 Å². The van der Waals surface area contributed by atoms with Crippen molar-refractivity contribution < 1.29 is 9.53 Å². The number of carbonyl (C=O) groups is 1. The van der Waals surface area contributed by atoms with Crippen LogP contribution in [-0.4, -0.2) is 72.7 Å². The van der Waals surface area contributed by atoms with Crippen LogP contribution >= 0.6 is 0 Å². The van der Waals surface area contributed by atoms with E-state index in [4.69, 9.17) is 19.7 Å². The SMILES string of the molecule is COc1cc(C(=O)N2CC3CC4CC2[C@H]43)cc2nc(-c3cc4cccnc4n3CC3CC3)n(C3CN(c4ccnc(C5CC5)n4)C3)c12. The lowest BCUT2D eigenvalue weighted by Crippen LogP contribution is -2.53. The van der Waals surface area contributed by atoms with Crippen molar-refractivity contribution in [3.05, 3.63) is 60.2 Å². The van der Waals surface area contributed by atoms with Crippen molar-refractivity contribution in [1.82, 2.24) is 34.0 Å². The molecule has 10 heteroatoms. The molecule has 5 aromatic rings. The van der Waals surface area contributed by atoms with Crippen LogP contribution in [0.25, 0.3) is 33.6 Å². The highest BCUT2D eigenvalue weighted by Gasteiger charge is 2.61. The zero-order chi connectivity index (χ0) is 31.0. The van der Waals surface area contributed by atoms with E-state index >= 15 is 0 Å². The number of pyridine rings is 1. The van der Waals surface area contributed by atoms with Crippen LogP contribution < -0.4 is 9.64 Å². The second kappa shape index (κ2) is 9.55. The number of likely N-dealkylation sites (tertiary alicyclic amines) is 1. The lowest BCUT2D eigenvalue weighted by molar-refractivity contribution is -0.0204. The van der Waals surface area contributed by atoms with Gasteiger partial charge in [0, 0.05) is 61.5 Å². The average molecular weight is 627 g/mol. The number of benzene rings is 1. The van der Waals surface area contributed by atoms with Crippen LogP contribution in [0.5, 0.6) is 5.75 Å². The molecule has 4 aromatic heterocycles. The molecule has 4 aliphatic carbocycles.